The van der Waals surface area contributed by atoms with E-state index in [1.54, 1.807) is 6.92 Å². The van der Waals surface area contributed by atoms with Gasteiger partial charge in [0.25, 0.3) is 5.91 Å². The lowest BCUT2D eigenvalue weighted by atomic mass is 10.2. The molecule has 1 aromatic carbocycles. The van der Waals surface area contributed by atoms with E-state index in [1.807, 2.05) is 0 Å². The van der Waals surface area contributed by atoms with Crippen LogP contribution in [0.25, 0.3) is 0 Å². The Morgan fingerprint density at radius 3 is 2.38 bits per heavy atom. The number of likely N-dealkylation sites (N-methyl/N-ethyl adjacent to an activating group) is 1. The molecule has 0 radical (unpaired) electrons. The summed E-state index contributed by atoms with van der Waals surface area (Å²) in [5.74, 6) is -1.13. The molecule has 1 heterocycles. The number of ether oxygens (including phenoxy) is 1. The van der Waals surface area contributed by atoms with Crippen LogP contribution in [0.4, 0.5) is 0 Å². The second-order valence-electron chi connectivity index (χ2n) is 5.47. The van der Waals surface area contributed by atoms with Crippen molar-refractivity contribution in [2.75, 3.05) is 24.7 Å². The van der Waals surface area contributed by atoms with E-state index in [4.69, 9.17) is 27.9 Å². The number of rotatable bonds is 5. The Hall–Kier alpha value is -1.31. The van der Waals surface area contributed by atoms with E-state index < -0.39 is 28.3 Å². The quantitative estimate of drug-likeness (QED) is 0.716. The lowest BCUT2D eigenvalue weighted by Crippen LogP contribution is -2.43. The van der Waals surface area contributed by atoms with E-state index >= 15 is 0 Å². The Balaban J connectivity index is 1.97. The molecule has 1 aliphatic heterocycles. The van der Waals surface area contributed by atoms with Crippen molar-refractivity contribution < 1.29 is 22.7 Å². The van der Waals surface area contributed by atoms with Gasteiger partial charge in [-0.1, -0.05) is 23.2 Å². The Bertz CT molecular complexity index is 730. The lowest BCUT2D eigenvalue weighted by Gasteiger charge is -2.26. The van der Waals surface area contributed by atoms with Crippen molar-refractivity contribution in [3.8, 4) is 0 Å². The molecule has 0 aliphatic carbocycles. The average molecular weight is 394 g/mol. The standard InChI is InChI=1S/C15H17Cl2NO5S/c1-2-18(13-3-4-24(21,22)9-13)14(19)8-23-15(20)10-5-11(16)7-12(17)6-10/h5-7,13H,2-4,8-9H2,1H3/t13-/m0/s1. The van der Waals surface area contributed by atoms with Crippen molar-refractivity contribution in [1.82, 2.24) is 4.90 Å². The number of amides is 1. The zero-order valence-corrected chi connectivity index (χ0v) is 15.3. The summed E-state index contributed by atoms with van der Waals surface area (Å²) in [6, 6.07) is 3.89. The van der Waals surface area contributed by atoms with E-state index in [9.17, 15) is 18.0 Å². The Labute approximate surface area is 150 Å². The van der Waals surface area contributed by atoms with Gasteiger partial charge < -0.3 is 9.64 Å². The first-order valence-electron chi connectivity index (χ1n) is 7.35. The molecule has 6 nitrogen and oxygen atoms in total. The molecule has 9 heteroatoms. The fraction of sp³-hybridized carbons (Fsp3) is 0.467. The van der Waals surface area contributed by atoms with Gasteiger partial charge in [0.1, 0.15) is 0 Å². The smallest absolute Gasteiger partial charge is 0.338 e. The summed E-state index contributed by atoms with van der Waals surface area (Å²) in [4.78, 5) is 25.7. The molecular weight excluding hydrogens is 377 g/mol. The van der Waals surface area contributed by atoms with Crippen molar-refractivity contribution in [3.05, 3.63) is 33.8 Å². The van der Waals surface area contributed by atoms with Crippen LogP contribution in [-0.2, 0) is 19.4 Å². The molecule has 1 fully saturated rings. The number of carbonyl (C=O) groups is 2. The normalized spacial score (nSPS) is 19.0. The number of benzene rings is 1. The average Bonchev–Trinajstić information content (AvgIpc) is 2.84. The third kappa shape index (κ3) is 4.84. The fourth-order valence-corrected chi connectivity index (χ4v) is 4.88. The zero-order chi connectivity index (χ0) is 17.9. The van der Waals surface area contributed by atoms with Crippen LogP contribution in [0, 0.1) is 0 Å². The largest absolute Gasteiger partial charge is 0.452 e. The van der Waals surface area contributed by atoms with E-state index in [0.29, 0.717) is 13.0 Å². The van der Waals surface area contributed by atoms with Crippen LogP contribution in [0.1, 0.15) is 23.7 Å². The molecule has 1 atom stereocenters. The zero-order valence-electron chi connectivity index (χ0n) is 13.0. The minimum Gasteiger partial charge on any atom is -0.452 e. The highest BCUT2D eigenvalue weighted by atomic mass is 35.5. The summed E-state index contributed by atoms with van der Waals surface area (Å²) < 4.78 is 28.1. The van der Waals surface area contributed by atoms with Gasteiger partial charge in [0.15, 0.2) is 16.4 Å². The molecule has 2 rings (SSSR count). The van der Waals surface area contributed by atoms with Crippen LogP contribution in [0.5, 0.6) is 0 Å². The number of sulfone groups is 1. The third-order valence-electron chi connectivity index (χ3n) is 3.74. The van der Waals surface area contributed by atoms with Crippen molar-refractivity contribution >= 4 is 44.9 Å². The molecular formula is C15H17Cl2NO5S. The fourth-order valence-electron chi connectivity index (χ4n) is 2.62. The molecule has 132 valence electrons. The molecule has 0 bridgehead atoms. The lowest BCUT2D eigenvalue weighted by molar-refractivity contribution is -0.136. The SMILES string of the molecule is CCN(C(=O)COC(=O)c1cc(Cl)cc(Cl)c1)[C@H]1CCS(=O)(=O)C1. The van der Waals surface area contributed by atoms with Gasteiger partial charge in [-0.15, -0.1) is 0 Å². The molecule has 0 unspecified atom stereocenters. The van der Waals surface area contributed by atoms with E-state index in [0.717, 1.165) is 0 Å². The molecule has 0 spiro atoms. The molecule has 1 aromatic rings. The first-order valence-corrected chi connectivity index (χ1v) is 9.92. The molecule has 1 aliphatic rings. The summed E-state index contributed by atoms with van der Waals surface area (Å²) in [6.45, 7) is 1.63. The molecule has 0 saturated carbocycles. The van der Waals surface area contributed by atoms with Gasteiger partial charge in [-0.2, -0.15) is 0 Å². The number of nitrogens with zero attached hydrogens (tertiary/aromatic N) is 1. The van der Waals surface area contributed by atoms with Gasteiger partial charge >= 0.3 is 5.97 Å². The minimum atomic E-state index is -3.10. The number of halogens is 2. The number of hydrogen-bond acceptors (Lipinski definition) is 5. The van der Waals surface area contributed by atoms with E-state index in [-0.39, 0.29) is 33.2 Å². The van der Waals surface area contributed by atoms with Crippen LogP contribution >= 0.6 is 23.2 Å². The van der Waals surface area contributed by atoms with Crippen LogP contribution in [-0.4, -0.2) is 55.9 Å². The number of hydrogen-bond donors (Lipinski definition) is 0. The van der Waals surface area contributed by atoms with Crippen LogP contribution in [0.2, 0.25) is 10.0 Å². The summed E-state index contributed by atoms with van der Waals surface area (Å²) in [7, 11) is -3.10. The number of carbonyl (C=O) groups excluding carboxylic acids is 2. The topological polar surface area (TPSA) is 80.8 Å². The van der Waals surface area contributed by atoms with Crippen molar-refractivity contribution in [2.24, 2.45) is 0 Å². The Morgan fingerprint density at radius 1 is 1.25 bits per heavy atom. The van der Waals surface area contributed by atoms with E-state index in [2.05, 4.69) is 0 Å². The van der Waals surface area contributed by atoms with Gasteiger partial charge in [-0.25, -0.2) is 13.2 Å². The summed E-state index contributed by atoms with van der Waals surface area (Å²) in [6.07, 6.45) is 0.403. The van der Waals surface area contributed by atoms with Crippen LogP contribution in [0.15, 0.2) is 18.2 Å². The predicted octanol–water partition coefficient (Wildman–Crippen LogP) is 2.19. The molecule has 1 amide bonds. The monoisotopic (exact) mass is 393 g/mol. The molecule has 1 saturated heterocycles. The maximum absolute atomic E-state index is 12.2. The maximum atomic E-state index is 12.2. The highest BCUT2D eigenvalue weighted by Crippen LogP contribution is 2.20. The highest BCUT2D eigenvalue weighted by molar-refractivity contribution is 7.91. The van der Waals surface area contributed by atoms with Gasteiger partial charge in [0, 0.05) is 22.6 Å². The first kappa shape index (κ1) is 19.0. The third-order valence-corrected chi connectivity index (χ3v) is 5.92. The van der Waals surface area contributed by atoms with Crippen molar-refractivity contribution in [2.45, 2.75) is 19.4 Å². The molecule has 0 aromatic heterocycles. The van der Waals surface area contributed by atoms with E-state index in [1.165, 1.54) is 23.1 Å². The minimum absolute atomic E-state index is 0.0512. The second-order valence-corrected chi connectivity index (χ2v) is 8.57. The van der Waals surface area contributed by atoms with Crippen LogP contribution < -0.4 is 0 Å². The predicted molar refractivity (Wildman–Crippen MR) is 91.2 cm³/mol. The summed E-state index contributed by atoms with van der Waals surface area (Å²) in [5, 5.41) is 0.569. The second kappa shape index (κ2) is 7.72. The van der Waals surface area contributed by atoms with Crippen LogP contribution in [0.3, 0.4) is 0 Å². The Morgan fingerprint density at radius 2 is 1.88 bits per heavy atom. The van der Waals surface area contributed by atoms with Crippen molar-refractivity contribution in [3.63, 3.8) is 0 Å². The number of esters is 1. The van der Waals surface area contributed by atoms with Gasteiger partial charge in [0.05, 0.1) is 17.1 Å². The highest BCUT2D eigenvalue weighted by Gasteiger charge is 2.34. The van der Waals surface area contributed by atoms with Gasteiger partial charge in [-0.05, 0) is 31.5 Å². The molecule has 0 N–H and O–H groups in total. The Kier molecular flexibility index (Phi) is 6.11. The molecule has 24 heavy (non-hydrogen) atoms. The first-order chi connectivity index (χ1) is 11.2. The maximum Gasteiger partial charge on any atom is 0.338 e. The van der Waals surface area contributed by atoms with Gasteiger partial charge in [0.2, 0.25) is 0 Å². The summed E-state index contributed by atoms with van der Waals surface area (Å²) in [5.41, 5.74) is 0.145. The van der Waals surface area contributed by atoms with Crippen molar-refractivity contribution in [1.29, 1.82) is 0 Å². The summed E-state index contributed by atoms with van der Waals surface area (Å²) >= 11 is 11.6. The van der Waals surface area contributed by atoms with Gasteiger partial charge in [-0.3, -0.25) is 4.79 Å².